The molecule has 5 rings (SSSR count). The predicted molar refractivity (Wildman–Crippen MR) is 139 cm³/mol. The molecule has 3 aromatic rings. The van der Waals surface area contributed by atoms with Crippen LogP contribution in [0, 0.1) is 11.8 Å². The Morgan fingerprint density at radius 1 is 1.06 bits per heavy atom. The van der Waals surface area contributed by atoms with Gasteiger partial charge in [-0.25, -0.2) is 4.98 Å². The zero-order valence-corrected chi connectivity index (χ0v) is 21.3. The summed E-state index contributed by atoms with van der Waals surface area (Å²) < 4.78 is 5.26. The summed E-state index contributed by atoms with van der Waals surface area (Å²) in [6.07, 6.45) is 5.83. The van der Waals surface area contributed by atoms with E-state index in [-0.39, 0.29) is 17.7 Å². The molecule has 2 aromatic heterocycles. The van der Waals surface area contributed by atoms with Gasteiger partial charge in [-0.15, -0.1) is 0 Å². The number of nitrogens with zero attached hydrogens (tertiary/aromatic N) is 3. The number of aromatic amines is 1. The largest absolute Gasteiger partial charge is 0.459 e. The molecule has 2 aliphatic heterocycles. The zero-order chi connectivity index (χ0) is 25.1. The number of likely N-dealkylation sites (tertiary alicyclic amines) is 2. The summed E-state index contributed by atoms with van der Waals surface area (Å²) in [4.78, 5) is 37.9. The first-order valence-corrected chi connectivity index (χ1v) is 13.3. The Morgan fingerprint density at radius 3 is 2.50 bits per heavy atom. The maximum Gasteiger partial charge on any atom is 0.289 e. The number of H-pyrrole nitrogens is 1. The van der Waals surface area contributed by atoms with Gasteiger partial charge >= 0.3 is 0 Å². The average Bonchev–Trinajstić information content (AvgIpc) is 3.58. The Hall–Kier alpha value is -3.13. The van der Waals surface area contributed by atoms with Crippen molar-refractivity contribution in [2.75, 3.05) is 39.3 Å². The number of amides is 2. The number of imidazole rings is 1. The topological polar surface area (TPSA) is 94.5 Å². The van der Waals surface area contributed by atoms with Gasteiger partial charge < -0.3 is 24.5 Å². The number of para-hydroxylation sites is 1. The van der Waals surface area contributed by atoms with E-state index >= 15 is 0 Å². The molecule has 2 saturated heterocycles. The molecule has 1 aromatic carbocycles. The SMILES string of the molecule is CC(C)c1nc2c(C(=O)NCC3CCN(CC4CCN(C(=O)c5ccco5)CC4)CC3)cccc2[nH]1. The lowest BCUT2D eigenvalue weighted by atomic mass is 9.92. The van der Waals surface area contributed by atoms with E-state index in [9.17, 15) is 9.59 Å². The molecule has 8 heteroatoms. The van der Waals surface area contributed by atoms with Crippen LogP contribution in [0.1, 0.15) is 72.2 Å². The van der Waals surface area contributed by atoms with E-state index in [1.807, 2.05) is 23.1 Å². The van der Waals surface area contributed by atoms with Crippen molar-refractivity contribution in [3.8, 4) is 0 Å². The number of fused-ring (bicyclic) bond motifs is 1. The number of hydrogen-bond donors (Lipinski definition) is 2. The van der Waals surface area contributed by atoms with Gasteiger partial charge in [0.25, 0.3) is 11.8 Å². The van der Waals surface area contributed by atoms with Crippen LogP contribution in [-0.4, -0.2) is 70.9 Å². The Labute approximate surface area is 212 Å². The van der Waals surface area contributed by atoms with E-state index in [2.05, 4.69) is 34.0 Å². The summed E-state index contributed by atoms with van der Waals surface area (Å²) in [5.41, 5.74) is 2.31. The third-order valence-electron chi connectivity index (χ3n) is 7.73. The third-order valence-corrected chi connectivity index (χ3v) is 7.73. The van der Waals surface area contributed by atoms with Gasteiger partial charge in [-0.05, 0) is 74.9 Å². The molecule has 2 N–H and O–H groups in total. The number of benzene rings is 1. The minimum Gasteiger partial charge on any atom is -0.459 e. The van der Waals surface area contributed by atoms with Crippen molar-refractivity contribution in [1.82, 2.24) is 25.1 Å². The smallest absolute Gasteiger partial charge is 0.289 e. The van der Waals surface area contributed by atoms with Gasteiger partial charge in [0.1, 0.15) is 11.3 Å². The van der Waals surface area contributed by atoms with Crippen LogP contribution in [0.25, 0.3) is 11.0 Å². The van der Waals surface area contributed by atoms with E-state index in [1.165, 1.54) is 0 Å². The van der Waals surface area contributed by atoms with Crippen molar-refractivity contribution >= 4 is 22.8 Å². The van der Waals surface area contributed by atoms with Gasteiger partial charge in [-0.2, -0.15) is 0 Å². The van der Waals surface area contributed by atoms with Crippen molar-refractivity contribution in [2.24, 2.45) is 11.8 Å². The standard InChI is InChI=1S/C28H37N5O3/c1-19(2)26-30-23-6-3-5-22(25(23)31-26)27(34)29-17-20-8-12-32(13-9-20)18-21-10-14-33(15-11-21)28(35)24-7-4-16-36-24/h3-7,16,19-21H,8-15,17-18H2,1-2H3,(H,29,34)(H,30,31). The lowest BCUT2D eigenvalue weighted by molar-refractivity contribution is 0.0621. The highest BCUT2D eigenvalue weighted by atomic mass is 16.3. The fourth-order valence-electron chi connectivity index (χ4n) is 5.45. The number of nitrogens with one attached hydrogen (secondary N) is 2. The van der Waals surface area contributed by atoms with E-state index in [4.69, 9.17) is 4.42 Å². The lowest BCUT2D eigenvalue weighted by Crippen LogP contribution is -2.44. The first-order chi connectivity index (χ1) is 17.5. The molecule has 8 nitrogen and oxygen atoms in total. The summed E-state index contributed by atoms with van der Waals surface area (Å²) in [5.74, 6) is 2.73. The summed E-state index contributed by atoms with van der Waals surface area (Å²) in [6, 6.07) is 9.24. The summed E-state index contributed by atoms with van der Waals surface area (Å²) in [7, 11) is 0. The number of carbonyl (C=O) groups is 2. The molecule has 2 aliphatic rings. The second kappa shape index (κ2) is 10.9. The highest BCUT2D eigenvalue weighted by Gasteiger charge is 2.28. The van der Waals surface area contributed by atoms with Crippen LogP contribution in [0.2, 0.25) is 0 Å². The van der Waals surface area contributed by atoms with E-state index in [0.29, 0.717) is 29.7 Å². The van der Waals surface area contributed by atoms with E-state index in [0.717, 1.165) is 75.3 Å². The van der Waals surface area contributed by atoms with Crippen molar-refractivity contribution in [3.05, 3.63) is 53.7 Å². The number of rotatable bonds is 7. The van der Waals surface area contributed by atoms with Crippen LogP contribution < -0.4 is 5.32 Å². The number of hydrogen-bond acceptors (Lipinski definition) is 5. The molecular weight excluding hydrogens is 454 g/mol. The fraction of sp³-hybridized carbons (Fsp3) is 0.536. The molecule has 0 saturated carbocycles. The molecular formula is C28H37N5O3. The minimum atomic E-state index is -0.0410. The molecule has 0 radical (unpaired) electrons. The second-order valence-electron chi connectivity index (χ2n) is 10.6. The normalized spacial score (nSPS) is 18.2. The molecule has 0 atom stereocenters. The van der Waals surface area contributed by atoms with Crippen LogP contribution in [0.5, 0.6) is 0 Å². The van der Waals surface area contributed by atoms with Crippen molar-refractivity contribution in [1.29, 1.82) is 0 Å². The monoisotopic (exact) mass is 491 g/mol. The van der Waals surface area contributed by atoms with Crippen LogP contribution in [0.15, 0.2) is 41.0 Å². The molecule has 36 heavy (non-hydrogen) atoms. The van der Waals surface area contributed by atoms with Crippen LogP contribution in [-0.2, 0) is 0 Å². The first-order valence-electron chi connectivity index (χ1n) is 13.3. The third kappa shape index (κ3) is 5.48. The Kier molecular flexibility index (Phi) is 7.41. The molecule has 0 spiro atoms. The van der Waals surface area contributed by atoms with E-state index < -0.39 is 0 Å². The maximum atomic E-state index is 12.9. The van der Waals surface area contributed by atoms with Crippen molar-refractivity contribution < 1.29 is 14.0 Å². The number of carbonyl (C=O) groups excluding carboxylic acids is 2. The molecule has 2 fully saturated rings. The Bertz CT molecular complexity index is 1170. The Morgan fingerprint density at radius 2 is 1.81 bits per heavy atom. The zero-order valence-electron chi connectivity index (χ0n) is 21.3. The quantitative estimate of drug-likeness (QED) is 0.515. The van der Waals surface area contributed by atoms with E-state index in [1.54, 1.807) is 18.4 Å². The summed E-state index contributed by atoms with van der Waals surface area (Å²) in [5, 5.41) is 3.17. The molecule has 4 heterocycles. The highest BCUT2D eigenvalue weighted by Crippen LogP contribution is 2.24. The fourth-order valence-corrected chi connectivity index (χ4v) is 5.45. The average molecular weight is 492 g/mol. The number of piperidine rings is 2. The summed E-state index contributed by atoms with van der Waals surface area (Å²) in [6.45, 7) is 9.73. The van der Waals surface area contributed by atoms with Crippen LogP contribution in [0.3, 0.4) is 0 Å². The number of aromatic nitrogens is 2. The highest BCUT2D eigenvalue weighted by molar-refractivity contribution is 6.04. The number of furan rings is 1. The summed E-state index contributed by atoms with van der Waals surface area (Å²) >= 11 is 0. The van der Waals surface area contributed by atoms with Crippen molar-refractivity contribution in [2.45, 2.75) is 45.4 Å². The Balaban J connectivity index is 1.05. The van der Waals surface area contributed by atoms with Gasteiger partial charge in [0.2, 0.25) is 0 Å². The molecule has 0 aliphatic carbocycles. The minimum absolute atomic E-state index is 0.00481. The molecule has 2 amide bonds. The molecule has 192 valence electrons. The van der Waals surface area contributed by atoms with Crippen LogP contribution >= 0.6 is 0 Å². The van der Waals surface area contributed by atoms with Gasteiger partial charge in [0, 0.05) is 32.1 Å². The lowest BCUT2D eigenvalue weighted by Gasteiger charge is -2.37. The van der Waals surface area contributed by atoms with Gasteiger partial charge in [-0.3, -0.25) is 9.59 Å². The predicted octanol–water partition coefficient (Wildman–Crippen LogP) is 4.27. The molecule has 0 unspecified atom stereocenters. The molecule has 0 bridgehead atoms. The van der Waals surface area contributed by atoms with Gasteiger partial charge in [0.05, 0.1) is 17.3 Å². The van der Waals surface area contributed by atoms with Gasteiger partial charge in [-0.1, -0.05) is 19.9 Å². The maximum absolute atomic E-state index is 12.9. The second-order valence-corrected chi connectivity index (χ2v) is 10.6. The van der Waals surface area contributed by atoms with Crippen LogP contribution in [0.4, 0.5) is 0 Å². The van der Waals surface area contributed by atoms with Crippen molar-refractivity contribution in [3.63, 3.8) is 0 Å². The first kappa shape index (κ1) is 24.6. The van der Waals surface area contributed by atoms with Gasteiger partial charge in [0.15, 0.2) is 5.76 Å².